The number of rotatable bonds is 4. The summed E-state index contributed by atoms with van der Waals surface area (Å²) in [5, 5.41) is 2.99. The van der Waals surface area contributed by atoms with E-state index in [1.807, 2.05) is 32.0 Å². The van der Waals surface area contributed by atoms with Gasteiger partial charge in [0.1, 0.15) is 5.82 Å². The fraction of sp³-hybridized carbons (Fsp3) is 0.381. The van der Waals surface area contributed by atoms with Crippen molar-refractivity contribution in [3.8, 4) is 0 Å². The van der Waals surface area contributed by atoms with Gasteiger partial charge in [0.05, 0.1) is 6.04 Å². The zero-order chi connectivity index (χ0) is 19.6. The first-order chi connectivity index (χ1) is 12.8. The van der Waals surface area contributed by atoms with Crippen LogP contribution in [0.1, 0.15) is 34.5 Å². The normalized spacial score (nSPS) is 16.3. The largest absolute Gasteiger partial charge is 0.369 e. The average Bonchev–Trinajstić information content (AvgIpc) is 2.62. The molecule has 1 N–H and O–H groups in total. The van der Waals surface area contributed by atoms with E-state index in [0.29, 0.717) is 10.0 Å². The number of hydrogen-bond donors (Lipinski definition) is 1. The Morgan fingerprint density at radius 3 is 2.52 bits per heavy atom. The van der Waals surface area contributed by atoms with Crippen LogP contribution in [-0.2, 0) is 0 Å². The van der Waals surface area contributed by atoms with Crippen LogP contribution in [0, 0.1) is 12.7 Å². The highest BCUT2D eigenvalue weighted by Crippen LogP contribution is 2.23. The molecule has 0 unspecified atom stereocenters. The molecule has 1 heterocycles. The molecule has 0 bridgehead atoms. The van der Waals surface area contributed by atoms with E-state index in [-0.39, 0.29) is 17.8 Å². The summed E-state index contributed by atoms with van der Waals surface area (Å²) >= 11 is 3.30. The molecular formula is C21H25BrFN3O. The first kappa shape index (κ1) is 19.8. The molecule has 4 nitrogen and oxygen atoms in total. The molecule has 1 saturated heterocycles. The lowest BCUT2D eigenvalue weighted by Crippen LogP contribution is -2.44. The molecule has 2 aromatic carbocycles. The molecule has 3 rings (SSSR count). The summed E-state index contributed by atoms with van der Waals surface area (Å²) in [6.07, 6.45) is 0. The number of halogens is 2. The Kier molecular flexibility index (Phi) is 6.17. The van der Waals surface area contributed by atoms with Gasteiger partial charge in [0.25, 0.3) is 5.91 Å². The summed E-state index contributed by atoms with van der Waals surface area (Å²) in [6, 6.07) is 10.4. The van der Waals surface area contributed by atoms with E-state index in [2.05, 4.69) is 44.2 Å². The van der Waals surface area contributed by atoms with E-state index in [1.54, 1.807) is 0 Å². The van der Waals surface area contributed by atoms with Crippen LogP contribution in [0.3, 0.4) is 0 Å². The third-order valence-corrected chi connectivity index (χ3v) is 5.52. The minimum atomic E-state index is -0.325. The van der Waals surface area contributed by atoms with Gasteiger partial charge in [-0.05, 0) is 62.4 Å². The maximum Gasteiger partial charge on any atom is 0.252 e. The van der Waals surface area contributed by atoms with Crippen molar-refractivity contribution < 1.29 is 9.18 Å². The monoisotopic (exact) mass is 433 g/mol. The molecule has 1 amide bonds. The summed E-state index contributed by atoms with van der Waals surface area (Å²) in [5.41, 5.74) is 3.38. The molecule has 0 radical (unpaired) electrons. The Bertz CT molecular complexity index is 814. The van der Waals surface area contributed by atoms with E-state index >= 15 is 0 Å². The number of benzene rings is 2. The van der Waals surface area contributed by atoms with Crippen LogP contribution >= 0.6 is 15.9 Å². The zero-order valence-corrected chi connectivity index (χ0v) is 17.5. The van der Waals surface area contributed by atoms with Crippen molar-refractivity contribution in [2.45, 2.75) is 19.9 Å². The number of piperazine rings is 1. The van der Waals surface area contributed by atoms with Gasteiger partial charge in [-0.25, -0.2) is 4.39 Å². The molecule has 2 aromatic rings. The molecule has 1 fully saturated rings. The molecule has 27 heavy (non-hydrogen) atoms. The number of nitrogens with zero attached hydrogens (tertiary/aromatic N) is 2. The Balaban J connectivity index is 1.76. The molecule has 1 aliphatic rings. The quantitative estimate of drug-likeness (QED) is 0.786. The van der Waals surface area contributed by atoms with E-state index in [9.17, 15) is 9.18 Å². The summed E-state index contributed by atoms with van der Waals surface area (Å²) in [7, 11) is 2.12. The third kappa shape index (κ3) is 4.87. The lowest BCUT2D eigenvalue weighted by atomic mass is 10.0. The smallest absolute Gasteiger partial charge is 0.252 e. The number of amides is 1. The highest BCUT2D eigenvalue weighted by molar-refractivity contribution is 9.10. The van der Waals surface area contributed by atoms with Crippen LogP contribution < -0.4 is 10.2 Å². The van der Waals surface area contributed by atoms with Crippen LogP contribution in [0.4, 0.5) is 10.1 Å². The van der Waals surface area contributed by atoms with Gasteiger partial charge >= 0.3 is 0 Å². The Labute approximate surface area is 168 Å². The van der Waals surface area contributed by atoms with Crippen LogP contribution in [-0.4, -0.2) is 44.0 Å². The zero-order valence-electron chi connectivity index (χ0n) is 15.9. The van der Waals surface area contributed by atoms with Crippen molar-refractivity contribution in [3.05, 3.63) is 63.4 Å². The standard InChI is InChI=1S/C21H25BrFN3O/c1-14-4-5-19(26-8-6-25(3)7-9-26)13-20(14)21(27)24-15(2)16-10-17(22)12-18(23)11-16/h4-5,10-13,15H,6-9H2,1-3H3,(H,24,27)/t15-/m1/s1. The van der Waals surface area contributed by atoms with Gasteiger partial charge < -0.3 is 15.1 Å². The number of likely N-dealkylation sites (N-methyl/N-ethyl adjacent to an activating group) is 1. The van der Waals surface area contributed by atoms with Crippen molar-refractivity contribution in [2.24, 2.45) is 0 Å². The molecule has 0 spiro atoms. The maximum absolute atomic E-state index is 13.6. The molecule has 0 aromatic heterocycles. The average molecular weight is 434 g/mol. The lowest BCUT2D eigenvalue weighted by Gasteiger charge is -2.34. The Hall–Kier alpha value is -1.92. The second-order valence-corrected chi connectivity index (χ2v) is 8.10. The highest BCUT2D eigenvalue weighted by Gasteiger charge is 2.18. The number of aryl methyl sites for hydroxylation is 1. The van der Waals surface area contributed by atoms with Crippen molar-refractivity contribution >= 4 is 27.5 Å². The maximum atomic E-state index is 13.6. The number of carbonyl (C=O) groups is 1. The van der Waals surface area contributed by atoms with Crippen molar-refractivity contribution in [3.63, 3.8) is 0 Å². The summed E-state index contributed by atoms with van der Waals surface area (Å²) in [6.45, 7) is 7.73. The van der Waals surface area contributed by atoms with Gasteiger partial charge in [-0.3, -0.25) is 4.79 Å². The van der Waals surface area contributed by atoms with Gasteiger partial charge in [0.15, 0.2) is 0 Å². The molecule has 0 aliphatic carbocycles. The van der Waals surface area contributed by atoms with Crippen molar-refractivity contribution in [1.82, 2.24) is 10.2 Å². The SMILES string of the molecule is Cc1ccc(N2CCN(C)CC2)cc1C(=O)N[C@H](C)c1cc(F)cc(Br)c1. The second-order valence-electron chi connectivity index (χ2n) is 7.19. The number of carbonyl (C=O) groups excluding carboxylic acids is 1. The summed E-state index contributed by atoms with van der Waals surface area (Å²) in [4.78, 5) is 17.5. The van der Waals surface area contributed by atoms with Crippen LogP contribution in [0.25, 0.3) is 0 Å². The predicted molar refractivity (Wildman–Crippen MR) is 111 cm³/mol. The number of hydrogen-bond acceptors (Lipinski definition) is 3. The molecule has 1 aliphatic heterocycles. The summed E-state index contributed by atoms with van der Waals surface area (Å²) in [5.74, 6) is -0.468. The van der Waals surface area contributed by atoms with Gasteiger partial charge in [0.2, 0.25) is 0 Å². The minimum absolute atomic E-state index is 0.142. The topological polar surface area (TPSA) is 35.6 Å². The second kappa shape index (κ2) is 8.40. The molecule has 144 valence electrons. The minimum Gasteiger partial charge on any atom is -0.369 e. The van der Waals surface area contributed by atoms with Crippen LogP contribution in [0.15, 0.2) is 40.9 Å². The van der Waals surface area contributed by atoms with Crippen molar-refractivity contribution in [1.29, 1.82) is 0 Å². The van der Waals surface area contributed by atoms with Crippen LogP contribution in [0.5, 0.6) is 0 Å². The van der Waals surface area contributed by atoms with E-state index in [4.69, 9.17) is 0 Å². The Morgan fingerprint density at radius 1 is 1.15 bits per heavy atom. The number of anilines is 1. The fourth-order valence-electron chi connectivity index (χ4n) is 3.30. The lowest BCUT2D eigenvalue weighted by molar-refractivity contribution is 0.0939. The van der Waals surface area contributed by atoms with Gasteiger partial charge in [0, 0.05) is 41.9 Å². The summed E-state index contributed by atoms with van der Waals surface area (Å²) < 4.78 is 14.3. The Morgan fingerprint density at radius 2 is 1.85 bits per heavy atom. The highest BCUT2D eigenvalue weighted by atomic mass is 79.9. The predicted octanol–water partition coefficient (Wildman–Crippen LogP) is 4.14. The first-order valence-corrected chi connectivity index (χ1v) is 9.94. The van der Waals surface area contributed by atoms with Crippen molar-refractivity contribution in [2.75, 3.05) is 38.1 Å². The third-order valence-electron chi connectivity index (χ3n) is 5.07. The molecule has 0 saturated carbocycles. The molecule has 6 heteroatoms. The van der Waals surface area contributed by atoms with Gasteiger partial charge in [-0.15, -0.1) is 0 Å². The van der Waals surface area contributed by atoms with Crippen LogP contribution in [0.2, 0.25) is 0 Å². The van der Waals surface area contributed by atoms with Gasteiger partial charge in [-0.1, -0.05) is 22.0 Å². The van der Waals surface area contributed by atoms with E-state index < -0.39 is 0 Å². The van der Waals surface area contributed by atoms with Gasteiger partial charge in [-0.2, -0.15) is 0 Å². The first-order valence-electron chi connectivity index (χ1n) is 9.14. The number of nitrogens with one attached hydrogen (secondary N) is 1. The van der Waals surface area contributed by atoms with E-state index in [0.717, 1.165) is 43.0 Å². The van der Waals surface area contributed by atoms with E-state index in [1.165, 1.54) is 12.1 Å². The molecular weight excluding hydrogens is 409 g/mol. The molecule has 1 atom stereocenters. The fourth-order valence-corrected chi connectivity index (χ4v) is 3.78.